The van der Waals surface area contributed by atoms with Crippen LogP contribution in [0.15, 0.2) is 24.5 Å². The molecule has 0 atom stereocenters. The van der Waals surface area contributed by atoms with Crippen LogP contribution in [0.4, 0.5) is 0 Å². The van der Waals surface area contributed by atoms with Crippen LogP contribution in [0, 0.1) is 6.92 Å². The van der Waals surface area contributed by atoms with Crippen LogP contribution in [0.25, 0.3) is 0 Å². The molecule has 3 N–H and O–H groups in total. The van der Waals surface area contributed by atoms with Gasteiger partial charge in [-0.25, -0.2) is 0 Å². The van der Waals surface area contributed by atoms with Gasteiger partial charge in [0.2, 0.25) is 0 Å². The molecule has 1 heterocycles. The third kappa shape index (κ3) is 32.4. The molecule has 15 heavy (non-hydrogen) atoms. The minimum atomic E-state index is -0.500. The second-order valence-corrected chi connectivity index (χ2v) is 1.72. The Morgan fingerprint density at radius 1 is 1.13 bits per heavy atom. The molecular weight excluding hydrogens is 383 g/mol. The van der Waals surface area contributed by atoms with Crippen molar-refractivity contribution < 1.29 is 40.9 Å². The molecule has 6 nitrogen and oxygen atoms in total. The normalized spacial score (nSPS) is 5.67. The number of carbonyl (C=O) groups is 2. The Morgan fingerprint density at radius 2 is 1.40 bits per heavy atom. The molecule has 1 rings (SSSR count). The quantitative estimate of drug-likeness (QED) is 0.521. The Morgan fingerprint density at radius 3 is 1.53 bits per heavy atom. The molecule has 0 unspecified atom stereocenters. The van der Waals surface area contributed by atoms with Gasteiger partial charge in [0.05, 0.1) is 0 Å². The number of pyridine rings is 1. The van der Waals surface area contributed by atoms with Crippen molar-refractivity contribution in [3.63, 3.8) is 0 Å². The summed E-state index contributed by atoms with van der Waals surface area (Å²) in [6.07, 6.45) is 3.57. The van der Waals surface area contributed by atoms with E-state index in [4.69, 9.17) is 19.8 Å². The second-order valence-electron chi connectivity index (χ2n) is 1.72. The molecule has 0 saturated carbocycles. The van der Waals surface area contributed by atoms with E-state index in [0.29, 0.717) is 0 Å². The van der Waals surface area contributed by atoms with E-state index in [1.807, 2.05) is 19.1 Å². The fourth-order valence-electron chi connectivity index (χ4n) is 0.426. The van der Waals surface area contributed by atoms with Gasteiger partial charge in [0.15, 0.2) is 0 Å². The summed E-state index contributed by atoms with van der Waals surface area (Å²) in [7, 11) is 0. The molecule has 7 heteroatoms. The number of carbonyl (C=O) groups excluding carboxylic acids is 2. The largest absolute Gasteiger partial charge is 2.00 e. The third-order valence-electron chi connectivity index (χ3n) is 0.847. The number of aryl methyl sites for hydroxylation is 1. The van der Waals surface area contributed by atoms with E-state index >= 15 is 0 Å². The van der Waals surface area contributed by atoms with Crippen molar-refractivity contribution in [2.45, 2.75) is 6.92 Å². The Balaban J connectivity index is -0.0000000665. The summed E-state index contributed by atoms with van der Waals surface area (Å²) in [5.74, 6) is 0. The van der Waals surface area contributed by atoms with Crippen molar-refractivity contribution in [2.75, 3.05) is 0 Å². The first-order valence-corrected chi connectivity index (χ1v) is 3.20. The first-order chi connectivity index (χ1) is 6.22. The van der Waals surface area contributed by atoms with Crippen LogP contribution in [0.5, 0.6) is 0 Å². The zero-order valence-electron chi connectivity index (χ0n) is 8.07. The van der Waals surface area contributed by atoms with E-state index in [1.165, 1.54) is 5.56 Å². The number of carboxylic acid groups (broad SMARTS) is 2. The van der Waals surface area contributed by atoms with Crippen molar-refractivity contribution >= 4 is 12.9 Å². The van der Waals surface area contributed by atoms with Gasteiger partial charge in [-0.3, -0.25) is 4.98 Å². The van der Waals surface area contributed by atoms with Gasteiger partial charge in [-0.05, 0) is 24.6 Å². The molecule has 0 spiro atoms. The molecule has 0 fully saturated rings. The van der Waals surface area contributed by atoms with E-state index in [0.717, 1.165) is 0 Å². The number of hydrogen-bond donors (Lipinski definition) is 1. The van der Waals surface area contributed by atoms with Crippen LogP contribution in [-0.2, 0) is 30.7 Å². The van der Waals surface area contributed by atoms with Crippen molar-refractivity contribution in [3.8, 4) is 0 Å². The van der Waals surface area contributed by atoms with Gasteiger partial charge in [0.1, 0.15) is 0 Å². The standard InChI is InChI=1S/C6H7N.2CH2O2.H3N.Pt/c1-6-2-4-7-5-3-6;2*2-1-3;;/h2-5H,1H3;2*1H,(H,2,3);1H3;/q;;;;+2/p-2. The molecule has 0 aromatic carbocycles. The Kier molecular flexibility index (Phi) is 36.0. The van der Waals surface area contributed by atoms with Gasteiger partial charge in [-0.15, -0.1) is 0 Å². The average molecular weight is 395 g/mol. The van der Waals surface area contributed by atoms with E-state index in [9.17, 15) is 0 Å². The van der Waals surface area contributed by atoms with E-state index in [2.05, 4.69) is 4.98 Å². The molecular formula is C8H12N2O4Pt. The van der Waals surface area contributed by atoms with Crippen molar-refractivity contribution in [3.05, 3.63) is 30.1 Å². The Hall–Kier alpha value is -1.26. The first-order valence-electron chi connectivity index (χ1n) is 3.20. The molecule has 1 aromatic rings. The molecule has 0 aliphatic carbocycles. The zero-order valence-corrected chi connectivity index (χ0v) is 10.3. The number of rotatable bonds is 0. The zero-order chi connectivity index (χ0) is 10.5. The maximum absolute atomic E-state index is 8.25. The number of nitrogens with zero attached hydrogens (tertiary/aromatic N) is 1. The predicted octanol–water partition coefficient (Wildman–Crippen LogP) is -1.72. The number of aromatic nitrogens is 1. The molecule has 0 aliphatic rings. The smallest absolute Gasteiger partial charge is 0.554 e. The van der Waals surface area contributed by atoms with Crippen LogP contribution in [-0.4, -0.2) is 17.9 Å². The predicted molar refractivity (Wildman–Crippen MR) is 46.1 cm³/mol. The van der Waals surface area contributed by atoms with Crippen molar-refractivity contribution in [2.24, 2.45) is 0 Å². The van der Waals surface area contributed by atoms with E-state index in [-0.39, 0.29) is 27.2 Å². The summed E-state index contributed by atoms with van der Waals surface area (Å²) in [6.45, 7) is 1.04. The fourth-order valence-corrected chi connectivity index (χ4v) is 0.426. The first kappa shape index (κ1) is 23.5. The van der Waals surface area contributed by atoms with Gasteiger partial charge >= 0.3 is 21.1 Å². The van der Waals surface area contributed by atoms with Gasteiger partial charge < -0.3 is 26.0 Å². The molecule has 0 saturated heterocycles. The van der Waals surface area contributed by atoms with Gasteiger partial charge in [-0.2, -0.15) is 0 Å². The fraction of sp³-hybridized carbons (Fsp3) is 0.125. The minimum absolute atomic E-state index is 0. The Labute approximate surface area is 102 Å². The van der Waals surface area contributed by atoms with Gasteiger partial charge in [0, 0.05) is 25.3 Å². The monoisotopic (exact) mass is 395 g/mol. The van der Waals surface area contributed by atoms with Gasteiger partial charge in [0.25, 0.3) is 0 Å². The van der Waals surface area contributed by atoms with E-state index < -0.39 is 12.9 Å². The Bertz CT molecular complexity index is 215. The molecule has 0 radical (unpaired) electrons. The molecule has 0 bridgehead atoms. The number of hydrogen-bond acceptors (Lipinski definition) is 6. The minimum Gasteiger partial charge on any atom is -0.554 e. The summed E-state index contributed by atoms with van der Waals surface area (Å²) in [4.78, 5) is 20.3. The van der Waals surface area contributed by atoms with Gasteiger partial charge in [-0.1, -0.05) is 0 Å². The molecule has 0 amide bonds. The molecule has 88 valence electrons. The third-order valence-corrected chi connectivity index (χ3v) is 0.847. The molecule has 1 aromatic heterocycles. The summed E-state index contributed by atoms with van der Waals surface area (Å²) in [5.41, 5.74) is 1.26. The van der Waals surface area contributed by atoms with Crippen LogP contribution in [0.3, 0.4) is 0 Å². The van der Waals surface area contributed by atoms with Crippen LogP contribution >= 0.6 is 0 Å². The van der Waals surface area contributed by atoms with Crippen molar-refractivity contribution in [1.29, 1.82) is 0 Å². The maximum atomic E-state index is 8.25. The second kappa shape index (κ2) is 23.0. The topological polar surface area (TPSA) is 128 Å². The molecule has 0 aliphatic heterocycles. The van der Waals surface area contributed by atoms with Crippen molar-refractivity contribution in [1.82, 2.24) is 11.1 Å². The maximum Gasteiger partial charge on any atom is 2.00 e. The van der Waals surface area contributed by atoms with Crippen LogP contribution in [0.2, 0.25) is 0 Å². The summed E-state index contributed by atoms with van der Waals surface area (Å²) >= 11 is 0. The average Bonchev–Trinajstić information content (AvgIpc) is 2.08. The summed E-state index contributed by atoms with van der Waals surface area (Å²) in [6, 6.07) is 3.94. The summed E-state index contributed by atoms with van der Waals surface area (Å²) in [5, 5.41) is 16.5. The van der Waals surface area contributed by atoms with Crippen LogP contribution < -0.4 is 16.4 Å². The van der Waals surface area contributed by atoms with E-state index in [1.54, 1.807) is 12.4 Å². The SMILES string of the molecule is Cc1ccncc1.N.O=C[O-].O=C[O-].[Pt+2]. The van der Waals surface area contributed by atoms with Crippen LogP contribution in [0.1, 0.15) is 5.56 Å². The summed E-state index contributed by atoms with van der Waals surface area (Å²) < 4.78 is 0.